The van der Waals surface area contributed by atoms with Gasteiger partial charge in [-0.15, -0.1) is 0 Å². The number of carboxylic acids is 1. The molecule has 2 aromatic carbocycles. The lowest BCUT2D eigenvalue weighted by molar-refractivity contribution is 0.0688. The summed E-state index contributed by atoms with van der Waals surface area (Å²) in [6, 6.07) is 12.8. The number of carboxylic acid groups (broad SMARTS) is 1. The molecule has 1 amide bonds. The first-order valence-corrected chi connectivity index (χ1v) is 10.6. The van der Waals surface area contributed by atoms with E-state index in [1.165, 1.54) is 24.3 Å². The predicted molar refractivity (Wildman–Crippen MR) is 101 cm³/mol. The number of nitrogens with zero attached hydrogens (tertiary/aromatic N) is 1. The van der Waals surface area contributed by atoms with E-state index in [1.807, 2.05) is 6.07 Å². The van der Waals surface area contributed by atoms with Crippen LogP contribution in [-0.2, 0) is 9.84 Å². The lowest BCUT2D eigenvalue weighted by atomic mass is 9.89. The molecule has 7 heteroatoms. The van der Waals surface area contributed by atoms with Gasteiger partial charge in [-0.3, -0.25) is 4.79 Å². The molecule has 0 aliphatic carbocycles. The molecule has 3 rings (SSSR count). The van der Waals surface area contributed by atoms with Gasteiger partial charge in [-0.05, 0) is 54.8 Å². The molecule has 1 fully saturated rings. The first-order chi connectivity index (χ1) is 12.8. The number of carbonyl (C=O) groups excluding carboxylic acids is 1. The molecule has 1 aliphatic rings. The lowest BCUT2D eigenvalue weighted by Gasteiger charge is -2.33. The van der Waals surface area contributed by atoms with Gasteiger partial charge >= 0.3 is 5.97 Å². The van der Waals surface area contributed by atoms with Crippen LogP contribution < -0.4 is 0 Å². The van der Waals surface area contributed by atoms with E-state index in [1.54, 1.807) is 23.1 Å². The molecule has 0 radical (unpaired) electrons. The van der Waals surface area contributed by atoms with Crippen LogP contribution in [0.25, 0.3) is 0 Å². The summed E-state index contributed by atoms with van der Waals surface area (Å²) in [5.74, 6) is -1.03. The van der Waals surface area contributed by atoms with Crippen molar-refractivity contribution in [2.24, 2.45) is 0 Å². The molecule has 1 N–H and O–H groups in total. The third-order valence-electron chi connectivity index (χ3n) is 4.84. The Morgan fingerprint density at radius 2 is 1.78 bits per heavy atom. The molecule has 1 saturated heterocycles. The van der Waals surface area contributed by atoms with Crippen molar-refractivity contribution in [3.63, 3.8) is 0 Å². The summed E-state index contributed by atoms with van der Waals surface area (Å²) in [7, 11) is -3.30. The first kappa shape index (κ1) is 19.1. The van der Waals surface area contributed by atoms with Crippen molar-refractivity contribution < 1.29 is 23.1 Å². The van der Waals surface area contributed by atoms with Gasteiger partial charge in [0.05, 0.1) is 10.5 Å². The number of hydrogen-bond acceptors (Lipinski definition) is 4. The quantitative estimate of drug-likeness (QED) is 0.871. The Hall–Kier alpha value is -2.67. The number of aromatic carboxylic acids is 1. The van der Waals surface area contributed by atoms with Gasteiger partial charge in [-0.25, -0.2) is 13.2 Å². The van der Waals surface area contributed by atoms with E-state index in [4.69, 9.17) is 5.11 Å². The molecule has 6 nitrogen and oxygen atoms in total. The number of hydrogen-bond donors (Lipinski definition) is 1. The maximum atomic E-state index is 12.8. The monoisotopic (exact) mass is 387 g/mol. The highest BCUT2D eigenvalue weighted by atomic mass is 32.2. The summed E-state index contributed by atoms with van der Waals surface area (Å²) in [6.45, 7) is 1.14. The third-order valence-corrected chi connectivity index (χ3v) is 5.97. The van der Waals surface area contributed by atoms with Crippen molar-refractivity contribution in [3.05, 3.63) is 65.2 Å². The average molecular weight is 387 g/mol. The molecule has 0 bridgehead atoms. The minimum atomic E-state index is -3.30. The van der Waals surface area contributed by atoms with Crippen LogP contribution in [-0.4, -0.2) is 49.6 Å². The third kappa shape index (κ3) is 4.36. The van der Waals surface area contributed by atoms with E-state index in [2.05, 4.69) is 0 Å². The van der Waals surface area contributed by atoms with Crippen LogP contribution >= 0.6 is 0 Å². The Morgan fingerprint density at radius 1 is 1.07 bits per heavy atom. The van der Waals surface area contributed by atoms with Gasteiger partial charge in [-0.2, -0.15) is 0 Å². The van der Waals surface area contributed by atoms with Crippen LogP contribution in [0.4, 0.5) is 0 Å². The molecule has 0 saturated carbocycles. The fourth-order valence-corrected chi connectivity index (χ4v) is 4.02. The molecule has 0 aromatic heterocycles. The number of carbonyl (C=O) groups is 2. The van der Waals surface area contributed by atoms with Crippen molar-refractivity contribution >= 4 is 21.7 Å². The van der Waals surface area contributed by atoms with Gasteiger partial charge in [0.15, 0.2) is 9.84 Å². The van der Waals surface area contributed by atoms with Crippen molar-refractivity contribution in [1.82, 2.24) is 4.90 Å². The van der Waals surface area contributed by atoms with Crippen molar-refractivity contribution in [1.29, 1.82) is 0 Å². The number of amides is 1. The summed E-state index contributed by atoms with van der Waals surface area (Å²) in [4.78, 5) is 25.9. The zero-order valence-corrected chi connectivity index (χ0v) is 15.8. The molecule has 1 atom stereocenters. The zero-order valence-electron chi connectivity index (χ0n) is 15.0. The minimum Gasteiger partial charge on any atom is -0.478 e. The maximum absolute atomic E-state index is 12.8. The SMILES string of the molecule is CS(=O)(=O)c1ccc(C(=O)N2CCC[C@H](c3cccc(C(=O)O)c3)C2)cc1. The molecular weight excluding hydrogens is 366 g/mol. The highest BCUT2D eigenvalue weighted by Gasteiger charge is 2.26. The number of rotatable bonds is 4. The van der Waals surface area contributed by atoms with Crippen LogP contribution in [0.5, 0.6) is 0 Å². The summed E-state index contributed by atoms with van der Waals surface area (Å²) in [5, 5.41) is 9.17. The van der Waals surface area contributed by atoms with E-state index in [-0.39, 0.29) is 22.3 Å². The standard InChI is InChI=1S/C20H21NO5S/c1-27(25,26)18-9-7-14(8-10-18)19(22)21-11-3-6-17(13-21)15-4-2-5-16(12-15)20(23)24/h2,4-5,7-10,12,17H,3,6,11,13H2,1H3,(H,23,24)/t17-/m0/s1. The molecule has 142 valence electrons. The molecule has 1 heterocycles. The van der Waals surface area contributed by atoms with Gasteiger partial charge in [0.2, 0.25) is 0 Å². The molecular formula is C20H21NO5S. The second-order valence-corrected chi connectivity index (χ2v) is 8.83. The van der Waals surface area contributed by atoms with Crippen LogP contribution in [0, 0.1) is 0 Å². The second kappa shape index (κ2) is 7.52. The Balaban J connectivity index is 1.77. The van der Waals surface area contributed by atoms with Gasteiger partial charge in [0, 0.05) is 30.8 Å². The Kier molecular flexibility index (Phi) is 5.32. The molecule has 0 spiro atoms. The number of piperidine rings is 1. The van der Waals surface area contributed by atoms with Gasteiger partial charge in [-0.1, -0.05) is 12.1 Å². The molecule has 0 unspecified atom stereocenters. The summed E-state index contributed by atoms with van der Waals surface area (Å²) < 4.78 is 23.1. The van der Waals surface area contributed by atoms with Gasteiger partial charge < -0.3 is 10.0 Å². The highest BCUT2D eigenvalue weighted by Crippen LogP contribution is 2.28. The van der Waals surface area contributed by atoms with E-state index in [9.17, 15) is 18.0 Å². The van der Waals surface area contributed by atoms with E-state index < -0.39 is 15.8 Å². The minimum absolute atomic E-state index is 0.0808. The van der Waals surface area contributed by atoms with E-state index >= 15 is 0 Å². The molecule has 2 aromatic rings. The van der Waals surface area contributed by atoms with E-state index in [0.717, 1.165) is 24.7 Å². The lowest BCUT2D eigenvalue weighted by Crippen LogP contribution is -2.39. The Bertz CT molecular complexity index is 966. The second-order valence-electron chi connectivity index (χ2n) is 6.82. The summed E-state index contributed by atoms with van der Waals surface area (Å²) in [5.41, 5.74) is 1.61. The number of sulfone groups is 1. The maximum Gasteiger partial charge on any atom is 0.335 e. The highest BCUT2D eigenvalue weighted by molar-refractivity contribution is 7.90. The number of likely N-dealkylation sites (tertiary alicyclic amines) is 1. The van der Waals surface area contributed by atoms with Crippen LogP contribution in [0.2, 0.25) is 0 Å². The normalized spacial score (nSPS) is 17.5. The smallest absolute Gasteiger partial charge is 0.335 e. The fourth-order valence-electron chi connectivity index (χ4n) is 3.39. The molecule has 27 heavy (non-hydrogen) atoms. The Morgan fingerprint density at radius 3 is 2.41 bits per heavy atom. The van der Waals surface area contributed by atoms with Crippen LogP contribution in [0.3, 0.4) is 0 Å². The van der Waals surface area contributed by atoms with E-state index in [0.29, 0.717) is 18.7 Å². The first-order valence-electron chi connectivity index (χ1n) is 8.68. The predicted octanol–water partition coefficient (Wildman–Crippen LogP) is 2.81. The fraction of sp³-hybridized carbons (Fsp3) is 0.300. The van der Waals surface area contributed by atoms with Crippen molar-refractivity contribution in [3.8, 4) is 0 Å². The van der Waals surface area contributed by atoms with Crippen LogP contribution in [0.15, 0.2) is 53.4 Å². The largest absolute Gasteiger partial charge is 0.478 e. The van der Waals surface area contributed by atoms with Crippen molar-refractivity contribution in [2.45, 2.75) is 23.7 Å². The summed E-state index contributed by atoms with van der Waals surface area (Å²) >= 11 is 0. The van der Waals surface area contributed by atoms with Crippen LogP contribution in [0.1, 0.15) is 45.0 Å². The molecule has 1 aliphatic heterocycles. The zero-order chi connectivity index (χ0) is 19.6. The van der Waals surface area contributed by atoms with Crippen molar-refractivity contribution in [2.75, 3.05) is 19.3 Å². The van der Waals surface area contributed by atoms with Gasteiger partial charge in [0.1, 0.15) is 0 Å². The average Bonchev–Trinajstić information content (AvgIpc) is 2.67. The van der Waals surface area contributed by atoms with Gasteiger partial charge in [0.25, 0.3) is 5.91 Å². The Labute approximate surface area is 158 Å². The number of benzene rings is 2. The topological polar surface area (TPSA) is 91.8 Å². The summed E-state index contributed by atoms with van der Waals surface area (Å²) in [6.07, 6.45) is 2.85.